The summed E-state index contributed by atoms with van der Waals surface area (Å²) in [4.78, 5) is 0. The smallest absolute Gasteiger partial charge is 0.142 e. The number of nitrogen functional groups attached to an aromatic ring is 1. The molecule has 0 aromatic heterocycles. The van der Waals surface area contributed by atoms with E-state index in [1.807, 2.05) is 12.1 Å². The van der Waals surface area contributed by atoms with Crippen molar-refractivity contribution in [1.82, 2.24) is 0 Å². The highest BCUT2D eigenvalue weighted by molar-refractivity contribution is 5.63. The molecule has 4 N–H and O–H groups in total. The van der Waals surface area contributed by atoms with Crippen LogP contribution >= 0.6 is 0 Å². The molecule has 3 nitrogen and oxygen atoms in total. The Kier molecular flexibility index (Phi) is 1.88. The van der Waals surface area contributed by atoms with E-state index in [4.69, 9.17) is 16.2 Å². The van der Waals surface area contributed by atoms with Gasteiger partial charge in [0.15, 0.2) is 0 Å². The van der Waals surface area contributed by atoms with Gasteiger partial charge in [-0.2, -0.15) is 0 Å². The Morgan fingerprint density at radius 1 is 1.46 bits per heavy atom. The average Bonchev–Trinajstić information content (AvgIpc) is 2.50. The number of hydrogen-bond acceptors (Lipinski definition) is 3. The topological polar surface area (TPSA) is 61.3 Å². The minimum Gasteiger partial charge on any atom is -0.495 e. The largest absolute Gasteiger partial charge is 0.495 e. The van der Waals surface area contributed by atoms with Crippen LogP contribution in [0.2, 0.25) is 0 Å². The van der Waals surface area contributed by atoms with Crippen LogP contribution in [0, 0.1) is 0 Å². The predicted molar refractivity (Wildman–Crippen MR) is 52.7 cm³/mol. The number of rotatable bonds is 1. The third-order valence-corrected chi connectivity index (χ3v) is 2.68. The van der Waals surface area contributed by atoms with Crippen molar-refractivity contribution < 1.29 is 4.74 Å². The van der Waals surface area contributed by atoms with Crippen LogP contribution in [0.15, 0.2) is 12.1 Å². The molecular weight excluding hydrogens is 164 g/mol. The van der Waals surface area contributed by atoms with E-state index in [1.54, 1.807) is 7.11 Å². The zero-order valence-electron chi connectivity index (χ0n) is 7.71. The molecule has 0 aliphatic heterocycles. The lowest BCUT2D eigenvalue weighted by atomic mass is 10.1. The van der Waals surface area contributed by atoms with Crippen molar-refractivity contribution in [1.29, 1.82) is 0 Å². The second-order valence-electron chi connectivity index (χ2n) is 3.39. The van der Waals surface area contributed by atoms with Crippen LogP contribution in [0.25, 0.3) is 0 Å². The van der Waals surface area contributed by atoms with Crippen molar-refractivity contribution in [3.63, 3.8) is 0 Å². The van der Waals surface area contributed by atoms with Crippen molar-refractivity contribution in [2.75, 3.05) is 12.8 Å². The van der Waals surface area contributed by atoms with Crippen LogP contribution in [0.4, 0.5) is 5.69 Å². The van der Waals surface area contributed by atoms with Crippen molar-refractivity contribution >= 4 is 5.69 Å². The van der Waals surface area contributed by atoms with Gasteiger partial charge in [-0.25, -0.2) is 0 Å². The van der Waals surface area contributed by atoms with Gasteiger partial charge in [0.25, 0.3) is 0 Å². The molecule has 0 spiro atoms. The number of nitrogens with two attached hydrogens (primary N) is 2. The van der Waals surface area contributed by atoms with Gasteiger partial charge in [-0.05, 0) is 30.0 Å². The molecule has 0 amide bonds. The number of ether oxygens (including phenoxy) is 1. The molecule has 0 bridgehead atoms. The zero-order chi connectivity index (χ0) is 9.42. The fourth-order valence-corrected chi connectivity index (χ4v) is 1.92. The van der Waals surface area contributed by atoms with Crippen LogP contribution < -0.4 is 16.2 Å². The van der Waals surface area contributed by atoms with E-state index >= 15 is 0 Å². The molecule has 0 heterocycles. The lowest BCUT2D eigenvalue weighted by Crippen LogP contribution is -2.05. The van der Waals surface area contributed by atoms with Crippen molar-refractivity contribution in [2.24, 2.45) is 5.73 Å². The Bertz CT molecular complexity index is 336. The fourth-order valence-electron chi connectivity index (χ4n) is 1.92. The van der Waals surface area contributed by atoms with E-state index in [0.29, 0.717) is 0 Å². The first kappa shape index (κ1) is 8.38. The molecular formula is C10H14N2O. The Morgan fingerprint density at radius 2 is 2.23 bits per heavy atom. The molecule has 1 atom stereocenters. The molecule has 0 radical (unpaired) electrons. The maximum Gasteiger partial charge on any atom is 0.142 e. The predicted octanol–water partition coefficient (Wildman–Crippen LogP) is 1.22. The average molecular weight is 178 g/mol. The highest BCUT2D eigenvalue weighted by Crippen LogP contribution is 2.37. The molecule has 1 aromatic rings. The molecule has 0 fully saturated rings. The minimum absolute atomic E-state index is 0.156. The first-order valence-corrected chi connectivity index (χ1v) is 4.45. The highest BCUT2D eigenvalue weighted by Gasteiger charge is 2.22. The SMILES string of the molecule is COc1ccc2c(c1N)CCC2N. The number of fused-ring (bicyclic) bond motifs is 1. The lowest BCUT2D eigenvalue weighted by molar-refractivity contribution is 0.416. The molecule has 1 aromatic carbocycles. The number of hydrogen-bond donors (Lipinski definition) is 2. The van der Waals surface area contributed by atoms with Crippen molar-refractivity contribution in [2.45, 2.75) is 18.9 Å². The molecule has 0 saturated heterocycles. The molecule has 0 saturated carbocycles. The summed E-state index contributed by atoms with van der Waals surface area (Å²) in [7, 11) is 1.63. The highest BCUT2D eigenvalue weighted by atomic mass is 16.5. The lowest BCUT2D eigenvalue weighted by Gasteiger charge is -2.10. The number of benzene rings is 1. The third kappa shape index (κ3) is 1.16. The Morgan fingerprint density at radius 3 is 2.92 bits per heavy atom. The van der Waals surface area contributed by atoms with Crippen LogP contribution in [0.3, 0.4) is 0 Å². The summed E-state index contributed by atoms with van der Waals surface area (Å²) in [6.45, 7) is 0. The maximum atomic E-state index is 5.93. The Balaban J connectivity index is 2.54. The molecule has 3 heteroatoms. The second-order valence-corrected chi connectivity index (χ2v) is 3.39. The van der Waals surface area contributed by atoms with Gasteiger partial charge in [0, 0.05) is 6.04 Å². The first-order valence-electron chi connectivity index (χ1n) is 4.45. The summed E-state index contributed by atoms with van der Waals surface area (Å²) in [5, 5.41) is 0. The normalized spacial score (nSPS) is 20.0. The molecule has 70 valence electrons. The van der Waals surface area contributed by atoms with E-state index in [-0.39, 0.29) is 6.04 Å². The van der Waals surface area contributed by atoms with Gasteiger partial charge in [0.2, 0.25) is 0 Å². The van der Waals surface area contributed by atoms with Gasteiger partial charge in [0.05, 0.1) is 12.8 Å². The molecule has 2 rings (SSSR count). The van der Waals surface area contributed by atoms with Crippen LogP contribution in [0.5, 0.6) is 5.75 Å². The van der Waals surface area contributed by atoms with Crippen LogP contribution in [0.1, 0.15) is 23.6 Å². The maximum absolute atomic E-state index is 5.93. The summed E-state index contributed by atoms with van der Waals surface area (Å²) >= 11 is 0. The van der Waals surface area contributed by atoms with Crippen LogP contribution in [-0.2, 0) is 6.42 Å². The minimum atomic E-state index is 0.156. The van der Waals surface area contributed by atoms with E-state index in [2.05, 4.69) is 0 Å². The third-order valence-electron chi connectivity index (χ3n) is 2.68. The molecule has 1 aliphatic rings. The first-order chi connectivity index (χ1) is 6.24. The second kappa shape index (κ2) is 2.92. The van der Waals surface area contributed by atoms with Crippen molar-refractivity contribution in [3.8, 4) is 5.75 Å². The van der Waals surface area contributed by atoms with Gasteiger partial charge >= 0.3 is 0 Å². The van der Waals surface area contributed by atoms with E-state index in [9.17, 15) is 0 Å². The number of anilines is 1. The van der Waals surface area contributed by atoms with E-state index < -0.39 is 0 Å². The molecule has 13 heavy (non-hydrogen) atoms. The summed E-state index contributed by atoms with van der Waals surface area (Å²) in [6.07, 6.45) is 1.96. The monoisotopic (exact) mass is 178 g/mol. The molecule has 1 unspecified atom stereocenters. The summed E-state index contributed by atoms with van der Waals surface area (Å²) < 4.78 is 5.14. The van der Waals surface area contributed by atoms with Gasteiger partial charge in [-0.1, -0.05) is 6.07 Å². The van der Waals surface area contributed by atoms with Gasteiger partial charge in [-0.3, -0.25) is 0 Å². The number of methoxy groups -OCH3 is 1. The van der Waals surface area contributed by atoms with E-state index in [0.717, 1.165) is 24.3 Å². The van der Waals surface area contributed by atoms with Gasteiger partial charge in [-0.15, -0.1) is 0 Å². The quantitative estimate of drug-likeness (QED) is 0.636. The standard InChI is InChI=1S/C10H14N2O/c1-13-9-5-3-6-7(10(9)12)2-4-8(6)11/h3,5,8H,2,4,11-12H2,1H3. The van der Waals surface area contributed by atoms with E-state index in [1.165, 1.54) is 11.1 Å². The summed E-state index contributed by atoms with van der Waals surface area (Å²) in [6, 6.07) is 4.06. The van der Waals surface area contributed by atoms with Crippen LogP contribution in [-0.4, -0.2) is 7.11 Å². The zero-order valence-corrected chi connectivity index (χ0v) is 7.71. The Hall–Kier alpha value is -1.22. The Labute approximate surface area is 77.7 Å². The van der Waals surface area contributed by atoms with Gasteiger partial charge in [0.1, 0.15) is 5.75 Å². The van der Waals surface area contributed by atoms with Gasteiger partial charge < -0.3 is 16.2 Å². The fraction of sp³-hybridized carbons (Fsp3) is 0.400. The van der Waals surface area contributed by atoms with Crippen molar-refractivity contribution in [3.05, 3.63) is 23.3 Å². The summed E-state index contributed by atoms with van der Waals surface area (Å²) in [5.74, 6) is 0.757. The summed E-state index contributed by atoms with van der Waals surface area (Å²) in [5.41, 5.74) is 14.9. The molecule has 1 aliphatic carbocycles.